The van der Waals surface area contributed by atoms with Gasteiger partial charge in [0.25, 0.3) is 5.91 Å². The minimum atomic E-state index is -0.561. The second-order valence-electron chi connectivity index (χ2n) is 12.9. The van der Waals surface area contributed by atoms with Crippen LogP contribution in [0.3, 0.4) is 0 Å². The Kier molecular flexibility index (Phi) is 18.9. The lowest BCUT2D eigenvalue weighted by atomic mass is 9.98. The monoisotopic (exact) mass is 694 g/mol. The molecule has 1 aliphatic rings. The third-order valence-corrected chi connectivity index (χ3v) is 8.75. The molecule has 0 fully saturated rings. The Morgan fingerprint density at radius 2 is 1.49 bits per heavy atom. The average Bonchev–Trinajstić information content (AvgIpc) is 3.37. The van der Waals surface area contributed by atoms with Crippen LogP contribution in [0.5, 0.6) is 11.5 Å². The van der Waals surface area contributed by atoms with Gasteiger partial charge in [-0.3, -0.25) is 14.4 Å². The number of rotatable bonds is 21. The zero-order chi connectivity index (χ0) is 36.2. The van der Waals surface area contributed by atoms with E-state index < -0.39 is 11.8 Å². The van der Waals surface area contributed by atoms with E-state index >= 15 is 0 Å². The number of hydrogen-bond donors (Lipinski definition) is 5. The molecule has 5 N–H and O–H groups in total. The molecule has 1 aromatic carbocycles. The van der Waals surface area contributed by atoms with E-state index in [1.807, 2.05) is 13.0 Å². The van der Waals surface area contributed by atoms with Gasteiger partial charge in [-0.1, -0.05) is 138 Å². The molecular weight excluding hydrogens is 640 g/mol. The topological polar surface area (TPSA) is 136 Å². The van der Waals surface area contributed by atoms with Crippen molar-refractivity contribution in [3.8, 4) is 11.5 Å². The first-order chi connectivity index (χ1) is 23.4. The number of aromatic hydroxyl groups is 2. The van der Waals surface area contributed by atoms with Gasteiger partial charge in [-0.25, -0.2) is 0 Å². The summed E-state index contributed by atoms with van der Waals surface area (Å²) in [5.74, 6) is -1.66. The Labute approximate surface area is 297 Å². The van der Waals surface area contributed by atoms with Crippen molar-refractivity contribution < 1.29 is 29.7 Å². The number of allylic oxidation sites excluding steroid dienone is 9. The molecule has 8 nitrogen and oxygen atoms in total. The van der Waals surface area contributed by atoms with Crippen LogP contribution in [-0.4, -0.2) is 32.9 Å². The number of benzene rings is 1. The smallest absolute Gasteiger partial charge is 0.251 e. The van der Waals surface area contributed by atoms with E-state index in [1.54, 1.807) is 13.0 Å². The predicted molar refractivity (Wildman–Crippen MR) is 201 cm³/mol. The quantitative estimate of drug-likeness (QED) is 0.0286. The normalized spacial score (nSPS) is 14.9. The molecule has 0 unspecified atom stereocenters. The first kappa shape index (κ1) is 41.1. The molecule has 1 aliphatic carbocycles. The number of carbonyl (C=O) groups excluding carboxylic acids is 3. The maximum atomic E-state index is 12.9. The molecule has 49 heavy (non-hydrogen) atoms. The van der Waals surface area contributed by atoms with Crippen LogP contribution in [0.15, 0.2) is 71.2 Å². The van der Waals surface area contributed by atoms with Crippen molar-refractivity contribution >= 4 is 41.0 Å². The second-order valence-corrected chi connectivity index (χ2v) is 13.2. The number of unbranched alkanes of at least 4 members (excludes halogenated alkanes) is 10. The molecule has 0 spiro atoms. The molecule has 0 aliphatic heterocycles. The SMILES string of the molecule is CCCCCCCCCCCCC[C@@H](C)/C=C(C)/C=C(\C)C(=O)Nc1cc(O)c(/C=C/C=C/C=C/C(=O)NC2=C(O)CCC2=O)c(Cl)c1O. The highest BCUT2D eigenvalue weighted by Gasteiger charge is 2.23. The highest BCUT2D eigenvalue weighted by Crippen LogP contribution is 2.41. The van der Waals surface area contributed by atoms with Gasteiger partial charge in [-0.15, -0.1) is 0 Å². The van der Waals surface area contributed by atoms with Crippen molar-refractivity contribution in [1.82, 2.24) is 5.32 Å². The molecule has 268 valence electrons. The van der Waals surface area contributed by atoms with Crippen molar-refractivity contribution in [1.29, 1.82) is 0 Å². The van der Waals surface area contributed by atoms with Crippen LogP contribution in [0.25, 0.3) is 6.08 Å². The fourth-order valence-electron chi connectivity index (χ4n) is 5.61. The van der Waals surface area contributed by atoms with Crippen molar-refractivity contribution in [2.75, 3.05) is 5.32 Å². The summed E-state index contributed by atoms with van der Waals surface area (Å²) in [4.78, 5) is 36.5. The summed E-state index contributed by atoms with van der Waals surface area (Å²) >= 11 is 6.32. The van der Waals surface area contributed by atoms with Crippen molar-refractivity contribution in [3.63, 3.8) is 0 Å². The molecule has 0 saturated carbocycles. The minimum Gasteiger partial charge on any atom is -0.510 e. The van der Waals surface area contributed by atoms with Gasteiger partial charge in [0.2, 0.25) is 5.91 Å². The Morgan fingerprint density at radius 1 is 0.878 bits per heavy atom. The Bertz CT molecular complexity index is 1470. The van der Waals surface area contributed by atoms with Crippen molar-refractivity contribution in [3.05, 3.63) is 81.8 Å². The summed E-state index contributed by atoms with van der Waals surface area (Å²) in [6, 6.07) is 1.23. The number of carbonyl (C=O) groups is 3. The molecule has 1 aromatic rings. The van der Waals surface area contributed by atoms with E-state index in [2.05, 4.69) is 30.6 Å². The maximum absolute atomic E-state index is 12.9. The molecule has 0 saturated heterocycles. The van der Waals surface area contributed by atoms with Crippen molar-refractivity contribution in [2.45, 2.75) is 118 Å². The van der Waals surface area contributed by atoms with Gasteiger partial charge in [0.1, 0.15) is 17.2 Å². The van der Waals surface area contributed by atoms with Crippen LogP contribution in [0, 0.1) is 5.92 Å². The molecule has 0 heterocycles. The predicted octanol–water partition coefficient (Wildman–Crippen LogP) is 10.3. The zero-order valence-corrected chi connectivity index (χ0v) is 30.4. The lowest BCUT2D eigenvalue weighted by Gasteiger charge is -2.12. The fourth-order valence-corrected chi connectivity index (χ4v) is 5.87. The van der Waals surface area contributed by atoms with Gasteiger partial charge < -0.3 is 26.0 Å². The van der Waals surface area contributed by atoms with Crippen LogP contribution >= 0.6 is 11.6 Å². The highest BCUT2D eigenvalue weighted by atomic mass is 35.5. The standard InChI is InChI=1S/C40H55ClN2O6/c1-5-6-7-8-9-10-11-12-13-14-17-20-28(2)25-29(3)26-30(4)40(49)42-32-27-35(46)31(37(41)39(32)48)21-18-15-16-19-22-36(47)43-38-33(44)23-24-34(38)45/h15-16,18-19,21-22,25-28,44,46,48H,5-14,17,20,23-24H2,1-4H3,(H,42,49)(H,43,47)/b16-15+,21-18+,22-19+,29-25+,30-26+/t28-/m1/s1. The number of ketones is 1. The number of phenols is 2. The largest absolute Gasteiger partial charge is 0.510 e. The third-order valence-electron chi connectivity index (χ3n) is 8.37. The fraction of sp³-hybridized carbons (Fsp3) is 0.475. The third kappa shape index (κ3) is 15.4. The summed E-state index contributed by atoms with van der Waals surface area (Å²) in [5.41, 5.74) is 1.48. The van der Waals surface area contributed by atoms with Crippen LogP contribution in [-0.2, 0) is 14.4 Å². The lowest BCUT2D eigenvalue weighted by Crippen LogP contribution is -2.24. The van der Waals surface area contributed by atoms with Gasteiger partial charge in [-0.2, -0.15) is 0 Å². The maximum Gasteiger partial charge on any atom is 0.251 e. The van der Waals surface area contributed by atoms with Gasteiger partial charge in [0, 0.05) is 36.1 Å². The van der Waals surface area contributed by atoms with E-state index in [1.165, 1.54) is 107 Å². The van der Waals surface area contributed by atoms with E-state index in [0.717, 1.165) is 12.0 Å². The van der Waals surface area contributed by atoms with E-state index in [9.17, 15) is 29.7 Å². The first-order valence-corrected chi connectivity index (χ1v) is 18.0. The van der Waals surface area contributed by atoms with Crippen molar-refractivity contribution in [2.24, 2.45) is 5.92 Å². The Hall–Kier alpha value is -4.04. The average molecular weight is 695 g/mol. The zero-order valence-electron chi connectivity index (χ0n) is 29.6. The number of amides is 2. The summed E-state index contributed by atoms with van der Waals surface area (Å²) in [5, 5.41) is 35.7. The molecule has 0 bridgehead atoms. The van der Waals surface area contributed by atoms with Gasteiger partial charge in [0.15, 0.2) is 11.5 Å². The number of halogens is 1. The van der Waals surface area contributed by atoms with Crippen LogP contribution < -0.4 is 10.6 Å². The molecule has 9 heteroatoms. The van der Waals surface area contributed by atoms with E-state index in [0.29, 0.717) is 11.5 Å². The lowest BCUT2D eigenvalue weighted by molar-refractivity contribution is -0.119. The molecule has 1 atom stereocenters. The summed E-state index contributed by atoms with van der Waals surface area (Å²) in [6.07, 6.45) is 28.8. The van der Waals surface area contributed by atoms with Crippen LogP contribution in [0.1, 0.15) is 123 Å². The summed E-state index contributed by atoms with van der Waals surface area (Å²) < 4.78 is 0. The Balaban J connectivity index is 1.83. The van der Waals surface area contributed by atoms with E-state index in [4.69, 9.17) is 11.6 Å². The summed E-state index contributed by atoms with van der Waals surface area (Å²) in [6.45, 7) is 8.11. The number of aliphatic hydroxyl groups excluding tert-OH is 1. The number of aliphatic hydroxyl groups is 1. The molecular formula is C40H55ClN2O6. The number of Topliss-reactive ketones (excluding diaryl/α,β-unsaturated/α-hetero) is 1. The number of hydrogen-bond acceptors (Lipinski definition) is 6. The highest BCUT2D eigenvalue weighted by molar-refractivity contribution is 6.34. The van der Waals surface area contributed by atoms with Crippen LogP contribution in [0.4, 0.5) is 5.69 Å². The van der Waals surface area contributed by atoms with E-state index in [-0.39, 0.29) is 57.9 Å². The second kappa shape index (κ2) is 22.6. The van der Waals surface area contributed by atoms with Gasteiger partial charge >= 0.3 is 0 Å². The number of anilines is 1. The minimum absolute atomic E-state index is 0.0183. The number of phenolic OH excluding ortho intramolecular Hbond substituents is 2. The molecule has 0 radical (unpaired) electrons. The van der Waals surface area contributed by atoms with Crippen LogP contribution in [0.2, 0.25) is 5.02 Å². The molecule has 0 aromatic heterocycles. The Morgan fingerprint density at radius 3 is 2.10 bits per heavy atom. The summed E-state index contributed by atoms with van der Waals surface area (Å²) in [7, 11) is 0. The van der Waals surface area contributed by atoms with Gasteiger partial charge in [-0.05, 0) is 32.3 Å². The molecule has 2 amide bonds. The molecule has 2 rings (SSSR count). The number of nitrogens with one attached hydrogen (secondary N) is 2. The first-order valence-electron chi connectivity index (χ1n) is 17.6. The van der Waals surface area contributed by atoms with Gasteiger partial charge in [0.05, 0.1) is 10.7 Å².